The Morgan fingerprint density at radius 1 is 1.20 bits per heavy atom. The maximum Gasteiger partial charge on any atom is 0.191 e. The molecule has 1 heterocycles. The Bertz CT molecular complexity index is 668. The van der Waals surface area contributed by atoms with Gasteiger partial charge >= 0.3 is 0 Å². The second kappa shape index (κ2) is 9.88. The van der Waals surface area contributed by atoms with Crippen molar-refractivity contribution in [3.8, 4) is 11.5 Å². The maximum atomic E-state index is 5.68. The summed E-state index contributed by atoms with van der Waals surface area (Å²) in [5.41, 5.74) is 1.14. The number of aromatic nitrogens is 1. The number of hydrogen-bond donors (Lipinski definition) is 2. The van der Waals surface area contributed by atoms with Gasteiger partial charge in [0.05, 0.1) is 25.9 Å². The van der Waals surface area contributed by atoms with Crippen molar-refractivity contribution in [2.24, 2.45) is 4.99 Å². The SMILES string of the molecule is CN=C(NCCOc1ccc(OC)cc1)NCc1nc(C(C)C)cs1. The lowest BCUT2D eigenvalue weighted by Gasteiger charge is -2.12. The molecule has 0 spiro atoms. The van der Waals surface area contributed by atoms with Gasteiger partial charge in [0.25, 0.3) is 0 Å². The molecule has 2 aromatic rings. The van der Waals surface area contributed by atoms with Crippen molar-refractivity contribution in [3.05, 3.63) is 40.3 Å². The molecule has 1 aromatic heterocycles. The third kappa shape index (κ3) is 6.26. The van der Waals surface area contributed by atoms with Crippen molar-refractivity contribution in [1.29, 1.82) is 0 Å². The number of ether oxygens (including phenoxy) is 2. The second-order valence-corrected chi connectivity index (χ2v) is 6.64. The van der Waals surface area contributed by atoms with E-state index in [4.69, 9.17) is 9.47 Å². The van der Waals surface area contributed by atoms with E-state index in [-0.39, 0.29) is 0 Å². The van der Waals surface area contributed by atoms with Crippen molar-refractivity contribution < 1.29 is 9.47 Å². The minimum absolute atomic E-state index is 0.456. The number of rotatable bonds is 8. The molecule has 0 unspecified atom stereocenters. The monoisotopic (exact) mass is 362 g/mol. The van der Waals surface area contributed by atoms with Crippen LogP contribution in [-0.4, -0.2) is 38.3 Å². The number of guanidine groups is 1. The lowest BCUT2D eigenvalue weighted by atomic mass is 10.2. The molecule has 0 amide bonds. The highest BCUT2D eigenvalue weighted by Gasteiger charge is 2.06. The number of hydrogen-bond acceptors (Lipinski definition) is 5. The van der Waals surface area contributed by atoms with Crippen LogP contribution in [0.1, 0.15) is 30.5 Å². The molecule has 0 saturated carbocycles. The standard InChI is InChI=1S/C18H26N4O2S/c1-13(2)16-12-25-17(22-16)11-21-18(19-3)20-9-10-24-15-7-5-14(23-4)6-8-15/h5-8,12-13H,9-11H2,1-4H3,(H2,19,20,21). The normalized spacial score (nSPS) is 11.5. The minimum atomic E-state index is 0.456. The van der Waals surface area contributed by atoms with Gasteiger partial charge in [0.2, 0.25) is 0 Å². The van der Waals surface area contributed by atoms with E-state index in [1.165, 1.54) is 0 Å². The van der Waals surface area contributed by atoms with Crippen molar-refractivity contribution in [2.75, 3.05) is 27.3 Å². The lowest BCUT2D eigenvalue weighted by molar-refractivity contribution is 0.321. The molecule has 25 heavy (non-hydrogen) atoms. The van der Waals surface area contributed by atoms with Gasteiger partial charge in [0.1, 0.15) is 23.1 Å². The van der Waals surface area contributed by atoms with Crippen LogP contribution in [-0.2, 0) is 6.54 Å². The molecule has 0 aliphatic rings. The third-order valence-electron chi connectivity index (χ3n) is 3.51. The van der Waals surface area contributed by atoms with E-state index in [1.54, 1.807) is 25.5 Å². The summed E-state index contributed by atoms with van der Waals surface area (Å²) in [4.78, 5) is 8.82. The zero-order valence-corrected chi connectivity index (χ0v) is 16.0. The highest BCUT2D eigenvalue weighted by Crippen LogP contribution is 2.18. The second-order valence-electron chi connectivity index (χ2n) is 5.70. The molecule has 0 bridgehead atoms. The fraction of sp³-hybridized carbons (Fsp3) is 0.444. The van der Waals surface area contributed by atoms with Crippen LogP contribution in [0.3, 0.4) is 0 Å². The summed E-state index contributed by atoms with van der Waals surface area (Å²) in [5.74, 6) is 2.82. The summed E-state index contributed by atoms with van der Waals surface area (Å²) < 4.78 is 10.8. The Labute approximate surface area is 153 Å². The van der Waals surface area contributed by atoms with Crippen LogP contribution in [0.15, 0.2) is 34.6 Å². The summed E-state index contributed by atoms with van der Waals surface area (Å²) in [6, 6.07) is 7.53. The van der Waals surface area contributed by atoms with E-state index in [1.807, 2.05) is 24.3 Å². The van der Waals surface area contributed by atoms with Crippen LogP contribution in [0.25, 0.3) is 0 Å². The Morgan fingerprint density at radius 3 is 2.52 bits per heavy atom. The van der Waals surface area contributed by atoms with Crippen molar-refractivity contribution in [3.63, 3.8) is 0 Å². The largest absolute Gasteiger partial charge is 0.497 e. The van der Waals surface area contributed by atoms with Gasteiger partial charge in [0.15, 0.2) is 5.96 Å². The molecule has 0 fully saturated rings. The smallest absolute Gasteiger partial charge is 0.191 e. The molecule has 0 atom stereocenters. The van der Waals surface area contributed by atoms with Crippen molar-refractivity contribution >= 4 is 17.3 Å². The predicted molar refractivity (Wildman–Crippen MR) is 103 cm³/mol. The van der Waals surface area contributed by atoms with E-state index in [2.05, 4.69) is 39.8 Å². The lowest BCUT2D eigenvalue weighted by Crippen LogP contribution is -2.38. The fourth-order valence-electron chi connectivity index (χ4n) is 2.06. The van der Waals surface area contributed by atoms with Gasteiger partial charge in [-0.1, -0.05) is 13.8 Å². The number of aliphatic imine (C=N–C) groups is 1. The Hall–Kier alpha value is -2.28. The van der Waals surface area contributed by atoms with E-state index in [0.717, 1.165) is 28.2 Å². The molecule has 0 saturated heterocycles. The molecule has 2 rings (SSSR count). The molecule has 0 aliphatic carbocycles. The maximum absolute atomic E-state index is 5.68. The van der Waals surface area contributed by atoms with Crippen LogP contribution in [0.4, 0.5) is 0 Å². The van der Waals surface area contributed by atoms with Crippen LogP contribution >= 0.6 is 11.3 Å². The number of nitrogens with one attached hydrogen (secondary N) is 2. The molecule has 1 aromatic carbocycles. The fourth-order valence-corrected chi connectivity index (χ4v) is 2.96. The quantitative estimate of drug-likeness (QED) is 0.429. The first-order valence-corrected chi connectivity index (χ1v) is 9.16. The topological polar surface area (TPSA) is 67.8 Å². The molecule has 0 radical (unpaired) electrons. The van der Waals surface area contributed by atoms with Crippen molar-refractivity contribution in [2.45, 2.75) is 26.3 Å². The van der Waals surface area contributed by atoms with Gasteiger partial charge in [-0.2, -0.15) is 0 Å². The first-order chi connectivity index (χ1) is 12.1. The predicted octanol–water partition coefficient (Wildman–Crippen LogP) is 3.02. The van der Waals surface area contributed by atoms with Crippen molar-refractivity contribution in [1.82, 2.24) is 15.6 Å². The number of nitrogens with zero attached hydrogens (tertiary/aromatic N) is 2. The highest BCUT2D eigenvalue weighted by atomic mass is 32.1. The molecular formula is C18H26N4O2S. The first-order valence-electron chi connectivity index (χ1n) is 8.28. The van der Waals surface area contributed by atoms with Gasteiger partial charge in [0, 0.05) is 12.4 Å². The molecule has 0 aliphatic heterocycles. The van der Waals surface area contributed by atoms with Gasteiger partial charge in [-0.05, 0) is 30.2 Å². The third-order valence-corrected chi connectivity index (χ3v) is 4.38. The summed E-state index contributed by atoms with van der Waals surface area (Å²) in [7, 11) is 3.40. The summed E-state index contributed by atoms with van der Waals surface area (Å²) in [5, 5.41) is 9.66. The molecule has 2 N–H and O–H groups in total. The Balaban J connectivity index is 1.69. The van der Waals surface area contributed by atoms with E-state index in [0.29, 0.717) is 25.6 Å². The highest BCUT2D eigenvalue weighted by molar-refractivity contribution is 7.09. The van der Waals surface area contributed by atoms with Crippen LogP contribution in [0, 0.1) is 0 Å². The molecule has 7 heteroatoms. The zero-order chi connectivity index (χ0) is 18.1. The summed E-state index contributed by atoms with van der Waals surface area (Å²) >= 11 is 1.67. The van der Waals surface area contributed by atoms with E-state index in [9.17, 15) is 0 Å². The first kappa shape index (κ1) is 19.1. The van der Waals surface area contributed by atoms with Gasteiger partial charge in [-0.15, -0.1) is 11.3 Å². The minimum Gasteiger partial charge on any atom is -0.497 e. The number of thiazole rings is 1. The Morgan fingerprint density at radius 2 is 1.92 bits per heavy atom. The van der Waals surface area contributed by atoms with E-state index >= 15 is 0 Å². The number of benzene rings is 1. The van der Waals surface area contributed by atoms with Crippen LogP contribution < -0.4 is 20.1 Å². The molecule has 136 valence electrons. The van der Waals surface area contributed by atoms with Crippen LogP contribution in [0.5, 0.6) is 11.5 Å². The molecular weight excluding hydrogens is 336 g/mol. The Kier molecular flexibility index (Phi) is 7.53. The van der Waals surface area contributed by atoms with Gasteiger partial charge in [-0.25, -0.2) is 4.98 Å². The average molecular weight is 362 g/mol. The average Bonchev–Trinajstić information content (AvgIpc) is 3.11. The van der Waals surface area contributed by atoms with Crippen LogP contribution in [0.2, 0.25) is 0 Å². The molecule has 6 nitrogen and oxygen atoms in total. The van der Waals surface area contributed by atoms with Gasteiger partial charge in [-0.3, -0.25) is 4.99 Å². The van der Waals surface area contributed by atoms with Gasteiger partial charge < -0.3 is 20.1 Å². The summed E-state index contributed by atoms with van der Waals surface area (Å²) in [6.07, 6.45) is 0. The number of methoxy groups -OCH3 is 1. The zero-order valence-electron chi connectivity index (χ0n) is 15.2. The van der Waals surface area contributed by atoms with E-state index < -0.39 is 0 Å². The summed E-state index contributed by atoms with van der Waals surface area (Å²) in [6.45, 7) is 6.16.